The predicted octanol–water partition coefficient (Wildman–Crippen LogP) is 2.03. The number of hydrogen-bond acceptors (Lipinski definition) is 4. The van der Waals surface area contributed by atoms with Gasteiger partial charge in [-0.2, -0.15) is 4.31 Å². The Balaban J connectivity index is 2.35. The smallest absolute Gasteiger partial charge is 0.243 e. The molecule has 2 rings (SSSR count). The van der Waals surface area contributed by atoms with Gasteiger partial charge >= 0.3 is 0 Å². The Morgan fingerprint density at radius 1 is 1.45 bits per heavy atom. The van der Waals surface area contributed by atoms with E-state index < -0.39 is 10.0 Å². The van der Waals surface area contributed by atoms with E-state index in [-0.39, 0.29) is 11.0 Å². The van der Waals surface area contributed by atoms with Crippen LogP contribution in [0.2, 0.25) is 5.02 Å². The maximum atomic E-state index is 12.6. The highest BCUT2D eigenvalue weighted by molar-refractivity contribution is 7.89. The third kappa shape index (κ3) is 2.93. The summed E-state index contributed by atoms with van der Waals surface area (Å²) in [5.41, 5.74) is 6.89. The number of sulfonamides is 1. The molecule has 5 nitrogen and oxygen atoms in total. The Bertz CT molecular complexity index is 581. The Morgan fingerprint density at radius 2 is 2.15 bits per heavy atom. The summed E-state index contributed by atoms with van der Waals surface area (Å²) >= 11 is 6.03. The van der Waals surface area contributed by atoms with E-state index in [0.29, 0.717) is 29.4 Å². The van der Waals surface area contributed by atoms with Gasteiger partial charge in [0.15, 0.2) is 0 Å². The molecule has 0 amide bonds. The van der Waals surface area contributed by atoms with Crippen molar-refractivity contribution in [2.24, 2.45) is 0 Å². The zero-order chi connectivity index (χ0) is 14.9. The van der Waals surface area contributed by atoms with Crippen molar-refractivity contribution in [2.45, 2.75) is 30.8 Å². The van der Waals surface area contributed by atoms with Crippen LogP contribution in [0.4, 0.5) is 5.69 Å². The van der Waals surface area contributed by atoms with Crippen molar-refractivity contribution >= 4 is 27.3 Å². The number of nitrogens with two attached hydrogens (primary N) is 1. The summed E-state index contributed by atoms with van der Waals surface area (Å²) in [5.74, 6) is 0. The van der Waals surface area contributed by atoms with E-state index in [2.05, 4.69) is 0 Å². The van der Waals surface area contributed by atoms with E-state index in [1.807, 2.05) is 0 Å². The van der Waals surface area contributed by atoms with Crippen LogP contribution in [-0.4, -0.2) is 39.0 Å². The van der Waals surface area contributed by atoms with Gasteiger partial charge in [-0.05, 0) is 37.5 Å². The number of halogens is 1. The number of rotatable bonds is 3. The minimum Gasteiger partial charge on any atom is -0.398 e. The highest BCUT2D eigenvalue weighted by atomic mass is 35.5. The molecule has 20 heavy (non-hydrogen) atoms. The third-order valence-electron chi connectivity index (χ3n) is 3.67. The molecule has 1 fully saturated rings. The molecule has 1 unspecified atom stereocenters. The summed E-state index contributed by atoms with van der Waals surface area (Å²) in [6, 6.07) is 2.92. The lowest BCUT2D eigenvalue weighted by Crippen LogP contribution is -2.42. The summed E-state index contributed by atoms with van der Waals surface area (Å²) in [4.78, 5) is 0.141. The SMILES string of the molecule is COC1CCCN(S(=O)(=O)c2cc(N)c(C)c(Cl)c2)C1. The minimum absolute atomic E-state index is 0.0585. The molecule has 112 valence electrons. The highest BCUT2D eigenvalue weighted by Gasteiger charge is 2.30. The molecule has 1 heterocycles. The fourth-order valence-corrected chi connectivity index (χ4v) is 4.15. The molecule has 0 radical (unpaired) electrons. The van der Waals surface area contributed by atoms with Crippen molar-refractivity contribution in [3.8, 4) is 0 Å². The molecular formula is C13H19ClN2O3S. The van der Waals surface area contributed by atoms with Gasteiger partial charge in [-0.1, -0.05) is 11.6 Å². The van der Waals surface area contributed by atoms with Crippen molar-refractivity contribution in [3.05, 3.63) is 22.7 Å². The first-order valence-electron chi connectivity index (χ1n) is 6.45. The van der Waals surface area contributed by atoms with E-state index in [0.717, 1.165) is 12.8 Å². The van der Waals surface area contributed by atoms with Crippen molar-refractivity contribution in [1.29, 1.82) is 0 Å². The lowest BCUT2D eigenvalue weighted by molar-refractivity contribution is 0.0572. The predicted molar refractivity (Wildman–Crippen MR) is 79.4 cm³/mol. The standard InChI is InChI=1S/C13H19ClN2O3S/c1-9-12(14)6-11(7-13(9)15)20(17,18)16-5-3-4-10(8-16)19-2/h6-7,10H,3-5,8,15H2,1-2H3. The molecule has 1 atom stereocenters. The second kappa shape index (κ2) is 5.89. The second-order valence-corrected chi connectivity index (χ2v) is 7.33. The topological polar surface area (TPSA) is 72.6 Å². The van der Waals surface area contributed by atoms with E-state index in [9.17, 15) is 8.42 Å². The maximum Gasteiger partial charge on any atom is 0.243 e. The molecule has 0 aromatic heterocycles. The number of anilines is 1. The van der Waals surface area contributed by atoms with Gasteiger partial charge in [0, 0.05) is 30.9 Å². The van der Waals surface area contributed by atoms with Crippen LogP contribution in [0.5, 0.6) is 0 Å². The Hall–Kier alpha value is -0.820. The van der Waals surface area contributed by atoms with E-state index >= 15 is 0 Å². The van der Waals surface area contributed by atoms with Crippen LogP contribution in [0, 0.1) is 6.92 Å². The summed E-state index contributed by atoms with van der Waals surface area (Å²) in [5, 5.41) is 0.365. The summed E-state index contributed by atoms with van der Waals surface area (Å²) in [6.07, 6.45) is 1.60. The third-order valence-corrected chi connectivity index (χ3v) is 5.91. The largest absolute Gasteiger partial charge is 0.398 e. The first-order valence-corrected chi connectivity index (χ1v) is 8.26. The molecule has 0 spiro atoms. The van der Waals surface area contributed by atoms with Crippen molar-refractivity contribution < 1.29 is 13.2 Å². The van der Waals surface area contributed by atoms with Gasteiger partial charge in [-0.3, -0.25) is 0 Å². The van der Waals surface area contributed by atoms with E-state index in [4.69, 9.17) is 22.1 Å². The van der Waals surface area contributed by atoms with Crippen LogP contribution in [-0.2, 0) is 14.8 Å². The molecular weight excluding hydrogens is 300 g/mol. The average Bonchev–Trinajstić information content (AvgIpc) is 2.44. The number of hydrogen-bond donors (Lipinski definition) is 1. The highest BCUT2D eigenvalue weighted by Crippen LogP contribution is 2.29. The molecule has 7 heteroatoms. The second-order valence-electron chi connectivity index (χ2n) is 4.98. The van der Waals surface area contributed by atoms with Crippen molar-refractivity contribution in [2.75, 3.05) is 25.9 Å². The van der Waals surface area contributed by atoms with Crippen LogP contribution in [0.25, 0.3) is 0 Å². The van der Waals surface area contributed by atoms with Crippen molar-refractivity contribution in [1.82, 2.24) is 4.31 Å². The molecule has 1 aromatic rings. The van der Waals surface area contributed by atoms with Crippen LogP contribution >= 0.6 is 11.6 Å². The molecule has 1 aliphatic heterocycles. The zero-order valence-electron chi connectivity index (χ0n) is 11.6. The molecule has 0 saturated carbocycles. The van der Waals surface area contributed by atoms with E-state index in [1.165, 1.54) is 16.4 Å². The van der Waals surface area contributed by atoms with E-state index in [1.54, 1.807) is 14.0 Å². The van der Waals surface area contributed by atoms with Gasteiger partial charge in [-0.25, -0.2) is 8.42 Å². The minimum atomic E-state index is -3.58. The van der Waals surface area contributed by atoms with Crippen LogP contribution in [0.1, 0.15) is 18.4 Å². The quantitative estimate of drug-likeness (QED) is 0.865. The Labute approximate surface area is 124 Å². The molecule has 1 saturated heterocycles. The van der Waals surface area contributed by atoms with Gasteiger partial charge in [0.2, 0.25) is 10.0 Å². The first-order chi connectivity index (χ1) is 9.36. The molecule has 1 aliphatic rings. The molecule has 0 aliphatic carbocycles. The van der Waals surface area contributed by atoms with Crippen LogP contribution in [0.3, 0.4) is 0 Å². The summed E-state index contributed by atoms with van der Waals surface area (Å²) in [7, 11) is -1.98. The van der Waals surface area contributed by atoms with Gasteiger partial charge < -0.3 is 10.5 Å². The summed E-state index contributed by atoms with van der Waals surface area (Å²) < 4.78 is 31.9. The van der Waals surface area contributed by atoms with Gasteiger partial charge in [0.05, 0.1) is 11.0 Å². The monoisotopic (exact) mass is 318 g/mol. The first kappa shape index (κ1) is 15.6. The number of nitrogen functional groups attached to an aromatic ring is 1. The van der Waals surface area contributed by atoms with Crippen LogP contribution < -0.4 is 5.73 Å². The molecule has 1 aromatic carbocycles. The lowest BCUT2D eigenvalue weighted by Gasteiger charge is -2.31. The van der Waals surface area contributed by atoms with Gasteiger partial charge in [0.25, 0.3) is 0 Å². The molecule has 0 bridgehead atoms. The summed E-state index contributed by atoms with van der Waals surface area (Å²) in [6.45, 7) is 2.62. The van der Waals surface area contributed by atoms with Gasteiger partial charge in [-0.15, -0.1) is 0 Å². The van der Waals surface area contributed by atoms with Gasteiger partial charge in [0.1, 0.15) is 0 Å². The maximum absolute atomic E-state index is 12.6. The normalized spacial score (nSPS) is 21.1. The average molecular weight is 319 g/mol. The molecule has 2 N–H and O–H groups in total. The number of nitrogens with zero attached hydrogens (tertiary/aromatic N) is 1. The Morgan fingerprint density at radius 3 is 2.75 bits per heavy atom. The number of piperidine rings is 1. The fraction of sp³-hybridized carbons (Fsp3) is 0.538. The zero-order valence-corrected chi connectivity index (χ0v) is 13.2. The number of benzene rings is 1. The van der Waals surface area contributed by atoms with Crippen molar-refractivity contribution in [3.63, 3.8) is 0 Å². The Kier molecular flexibility index (Phi) is 4.59. The van der Waals surface area contributed by atoms with Crippen LogP contribution in [0.15, 0.2) is 17.0 Å². The fourth-order valence-electron chi connectivity index (χ4n) is 2.29. The number of ether oxygens (including phenoxy) is 1. The number of methoxy groups -OCH3 is 1. The lowest BCUT2D eigenvalue weighted by atomic mass is 10.1.